The summed E-state index contributed by atoms with van der Waals surface area (Å²) in [6, 6.07) is 2.87. The number of carbonyl (C=O) groups is 2. The summed E-state index contributed by atoms with van der Waals surface area (Å²) < 4.78 is 4.98. The first-order valence-corrected chi connectivity index (χ1v) is 6.74. The monoisotopic (exact) mass is 265 g/mol. The quantitative estimate of drug-likeness (QED) is 0.877. The first-order chi connectivity index (χ1) is 9.10. The minimum Gasteiger partial charge on any atom is -0.475 e. The molecule has 0 spiro atoms. The molecule has 1 heterocycles. The van der Waals surface area contributed by atoms with Gasteiger partial charge in [0.25, 0.3) is 5.91 Å². The van der Waals surface area contributed by atoms with Gasteiger partial charge in [0.15, 0.2) is 5.76 Å². The van der Waals surface area contributed by atoms with Gasteiger partial charge in [0, 0.05) is 6.04 Å². The third-order valence-corrected chi connectivity index (χ3v) is 3.80. The van der Waals surface area contributed by atoms with Crippen molar-refractivity contribution >= 4 is 11.9 Å². The molecule has 0 saturated heterocycles. The predicted octanol–water partition coefficient (Wildman–Crippen LogP) is 2.68. The van der Waals surface area contributed by atoms with Crippen molar-refractivity contribution in [2.75, 3.05) is 0 Å². The van der Waals surface area contributed by atoms with Gasteiger partial charge in [-0.2, -0.15) is 0 Å². The summed E-state index contributed by atoms with van der Waals surface area (Å²) in [4.78, 5) is 22.6. The molecule has 104 valence electrons. The Bertz CT molecular complexity index is 458. The Hall–Kier alpha value is -1.78. The molecule has 5 nitrogen and oxygen atoms in total. The zero-order valence-electron chi connectivity index (χ0n) is 11.0. The summed E-state index contributed by atoms with van der Waals surface area (Å²) in [6.07, 6.45) is 5.44. The number of amides is 1. The molecule has 19 heavy (non-hydrogen) atoms. The molecule has 1 saturated carbocycles. The van der Waals surface area contributed by atoms with E-state index in [9.17, 15) is 9.59 Å². The number of carboxylic acids is 1. The predicted molar refractivity (Wildman–Crippen MR) is 69.2 cm³/mol. The van der Waals surface area contributed by atoms with Gasteiger partial charge in [-0.1, -0.05) is 13.3 Å². The molecular formula is C14H19NO4. The lowest BCUT2D eigenvalue weighted by Crippen LogP contribution is -2.37. The summed E-state index contributed by atoms with van der Waals surface area (Å²) in [5.74, 6) is -0.861. The van der Waals surface area contributed by atoms with Crippen LogP contribution in [0, 0.1) is 5.92 Å². The Morgan fingerprint density at radius 1 is 1.26 bits per heavy atom. The van der Waals surface area contributed by atoms with E-state index in [1.807, 2.05) is 0 Å². The number of hydrogen-bond acceptors (Lipinski definition) is 3. The maximum atomic E-state index is 11.9. The van der Waals surface area contributed by atoms with E-state index in [1.165, 1.54) is 18.6 Å². The number of furan rings is 1. The largest absolute Gasteiger partial charge is 0.475 e. The van der Waals surface area contributed by atoms with Crippen molar-refractivity contribution < 1.29 is 19.1 Å². The van der Waals surface area contributed by atoms with Gasteiger partial charge in [0.1, 0.15) is 0 Å². The fourth-order valence-electron chi connectivity index (χ4n) is 2.55. The zero-order valence-corrected chi connectivity index (χ0v) is 11.0. The van der Waals surface area contributed by atoms with Gasteiger partial charge in [-0.25, -0.2) is 4.79 Å². The molecule has 1 amide bonds. The normalized spacial score (nSPS) is 23.0. The lowest BCUT2D eigenvalue weighted by molar-refractivity contribution is 0.0659. The number of carbonyl (C=O) groups excluding carboxylic acids is 1. The Kier molecular flexibility index (Phi) is 4.24. The van der Waals surface area contributed by atoms with Crippen molar-refractivity contribution in [2.45, 2.75) is 45.1 Å². The van der Waals surface area contributed by atoms with Crippen LogP contribution in [0.1, 0.15) is 60.1 Å². The number of aromatic carboxylic acids is 1. The van der Waals surface area contributed by atoms with Crippen molar-refractivity contribution in [1.29, 1.82) is 0 Å². The minimum atomic E-state index is -1.16. The van der Waals surface area contributed by atoms with Gasteiger partial charge in [0.2, 0.25) is 5.76 Å². The van der Waals surface area contributed by atoms with Gasteiger partial charge in [-0.05, 0) is 43.7 Å². The highest BCUT2D eigenvalue weighted by atomic mass is 16.4. The van der Waals surface area contributed by atoms with Crippen LogP contribution in [-0.4, -0.2) is 23.0 Å². The fourth-order valence-corrected chi connectivity index (χ4v) is 2.55. The van der Waals surface area contributed by atoms with E-state index in [-0.39, 0.29) is 23.5 Å². The van der Waals surface area contributed by atoms with E-state index < -0.39 is 5.97 Å². The van der Waals surface area contributed by atoms with Crippen LogP contribution in [0.3, 0.4) is 0 Å². The van der Waals surface area contributed by atoms with Crippen molar-refractivity contribution in [3.63, 3.8) is 0 Å². The first kappa shape index (κ1) is 13.6. The van der Waals surface area contributed by atoms with Crippen molar-refractivity contribution in [1.82, 2.24) is 5.32 Å². The Balaban J connectivity index is 1.88. The van der Waals surface area contributed by atoms with E-state index in [0.29, 0.717) is 0 Å². The molecule has 0 radical (unpaired) electrons. The van der Waals surface area contributed by atoms with Crippen LogP contribution in [0.4, 0.5) is 0 Å². The Morgan fingerprint density at radius 2 is 1.89 bits per heavy atom. The van der Waals surface area contributed by atoms with Crippen LogP contribution < -0.4 is 5.32 Å². The molecule has 0 bridgehead atoms. The second kappa shape index (κ2) is 5.91. The first-order valence-electron chi connectivity index (χ1n) is 6.74. The van der Waals surface area contributed by atoms with Gasteiger partial charge in [-0.15, -0.1) is 0 Å². The van der Waals surface area contributed by atoms with Crippen molar-refractivity contribution in [2.24, 2.45) is 5.92 Å². The SMILES string of the molecule is CCC1CCC(NC(=O)c2ccc(C(=O)O)o2)CC1. The summed E-state index contributed by atoms with van der Waals surface area (Å²) in [5, 5.41) is 11.6. The van der Waals surface area contributed by atoms with E-state index in [2.05, 4.69) is 12.2 Å². The van der Waals surface area contributed by atoms with Crippen LogP contribution in [0.15, 0.2) is 16.5 Å². The van der Waals surface area contributed by atoms with Gasteiger partial charge >= 0.3 is 5.97 Å². The van der Waals surface area contributed by atoms with Crippen LogP contribution in [0.5, 0.6) is 0 Å². The molecule has 2 rings (SSSR count). The topological polar surface area (TPSA) is 79.5 Å². The molecule has 0 aromatic carbocycles. The summed E-state index contributed by atoms with van der Waals surface area (Å²) >= 11 is 0. The second-order valence-electron chi connectivity index (χ2n) is 5.07. The standard InChI is InChI=1S/C14H19NO4/c1-2-9-3-5-10(6-4-9)15-13(16)11-7-8-12(19-11)14(17)18/h7-10H,2-6H2,1H3,(H,15,16)(H,17,18). The fraction of sp³-hybridized carbons (Fsp3) is 0.571. The van der Waals surface area contributed by atoms with Crippen molar-refractivity contribution in [3.05, 3.63) is 23.7 Å². The number of carboxylic acid groups (broad SMARTS) is 1. The molecule has 0 unspecified atom stereocenters. The maximum Gasteiger partial charge on any atom is 0.371 e. The zero-order chi connectivity index (χ0) is 13.8. The summed E-state index contributed by atoms with van der Waals surface area (Å²) in [7, 11) is 0. The Labute approximate surface area is 112 Å². The minimum absolute atomic E-state index is 0.0648. The number of rotatable bonds is 4. The average Bonchev–Trinajstić information content (AvgIpc) is 2.89. The van der Waals surface area contributed by atoms with Gasteiger partial charge < -0.3 is 14.8 Å². The number of hydrogen-bond donors (Lipinski definition) is 2. The lowest BCUT2D eigenvalue weighted by atomic mass is 9.84. The lowest BCUT2D eigenvalue weighted by Gasteiger charge is -2.28. The van der Waals surface area contributed by atoms with Gasteiger partial charge in [-0.3, -0.25) is 4.79 Å². The maximum absolute atomic E-state index is 11.9. The molecule has 1 aromatic rings. The average molecular weight is 265 g/mol. The molecular weight excluding hydrogens is 246 g/mol. The van der Waals surface area contributed by atoms with Crippen LogP contribution in [0.25, 0.3) is 0 Å². The van der Waals surface area contributed by atoms with Crippen LogP contribution >= 0.6 is 0 Å². The number of nitrogens with one attached hydrogen (secondary N) is 1. The van der Waals surface area contributed by atoms with E-state index in [0.717, 1.165) is 31.6 Å². The molecule has 1 aliphatic rings. The highest BCUT2D eigenvalue weighted by Crippen LogP contribution is 2.26. The van der Waals surface area contributed by atoms with E-state index in [4.69, 9.17) is 9.52 Å². The molecule has 2 N–H and O–H groups in total. The highest BCUT2D eigenvalue weighted by molar-refractivity contribution is 5.93. The van der Waals surface area contributed by atoms with E-state index in [1.54, 1.807) is 0 Å². The third-order valence-electron chi connectivity index (χ3n) is 3.80. The highest BCUT2D eigenvalue weighted by Gasteiger charge is 2.23. The molecule has 0 aliphatic heterocycles. The molecule has 1 fully saturated rings. The van der Waals surface area contributed by atoms with Gasteiger partial charge in [0.05, 0.1) is 0 Å². The summed E-state index contributed by atoms with van der Waals surface area (Å²) in [6.45, 7) is 2.19. The summed E-state index contributed by atoms with van der Waals surface area (Å²) in [5.41, 5.74) is 0. The van der Waals surface area contributed by atoms with Crippen LogP contribution in [0.2, 0.25) is 0 Å². The third kappa shape index (κ3) is 3.36. The second-order valence-corrected chi connectivity index (χ2v) is 5.07. The van der Waals surface area contributed by atoms with Crippen molar-refractivity contribution in [3.8, 4) is 0 Å². The molecule has 1 aliphatic carbocycles. The van der Waals surface area contributed by atoms with E-state index >= 15 is 0 Å². The molecule has 5 heteroatoms. The Morgan fingerprint density at radius 3 is 2.42 bits per heavy atom. The molecule has 0 atom stereocenters. The van der Waals surface area contributed by atoms with Crippen LogP contribution in [-0.2, 0) is 0 Å². The molecule has 1 aromatic heterocycles. The smallest absolute Gasteiger partial charge is 0.371 e.